The number of carbonyl (C=O) groups is 1. The summed E-state index contributed by atoms with van der Waals surface area (Å²) in [5, 5.41) is 0. The van der Waals surface area contributed by atoms with Gasteiger partial charge in [-0.15, -0.1) is 0 Å². The molecule has 18 heavy (non-hydrogen) atoms. The van der Waals surface area contributed by atoms with Crippen LogP contribution < -0.4 is 0 Å². The summed E-state index contributed by atoms with van der Waals surface area (Å²) in [5.41, 5.74) is 0.396. The molecule has 0 saturated carbocycles. The SMILES string of the molecule is CCC(C)N(CCOC)C(=O)c1ccc(F)nc1. The van der Waals surface area contributed by atoms with Gasteiger partial charge in [0.1, 0.15) is 0 Å². The van der Waals surface area contributed by atoms with Crippen molar-refractivity contribution in [1.82, 2.24) is 9.88 Å². The van der Waals surface area contributed by atoms with Gasteiger partial charge in [0, 0.05) is 25.9 Å². The number of amides is 1. The lowest BCUT2D eigenvalue weighted by Crippen LogP contribution is -2.40. The zero-order chi connectivity index (χ0) is 13.5. The van der Waals surface area contributed by atoms with Crippen molar-refractivity contribution in [3.63, 3.8) is 0 Å². The highest BCUT2D eigenvalue weighted by atomic mass is 19.1. The van der Waals surface area contributed by atoms with Gasteiger partial charge in [-0.2, -0.15) is 4.39 Å². The highest BCUT2D eigenvalue weighted by Gasteiger charge is 2.20. The first-order valence-corrected chi connectivity index (χ1v) is 6.01. The lowest BCUT2D eigenvalue weighted by atomic mass is 10.1. The Hall–Kier alpha value is -1.49. The number of hydrogen-bond acceptors (Lipinski definition) is 3. The number of rotatable bonds is 6. The Bertz CT molecular complexity index is 381. The van der Waals surface area contributed by atoms with Gasteiger partial charge in [-0.25, -0.2) is 4.98 Å². The first-order valence-electron chi connectivity index (χ1n) is 6.01. The number of carbonyl (C=O) groups excluding carboxylic acids is 1. The molecule has 0 N–H and O–H groups in total. The molecule has 0 saturated heterocycles. The van der Waals surface area contributed by atoms with Crippen molar-refractivity contribution in [2.45, 2.75) is 26.3 Å². The molecule has 0 aliphatic carbocycles. The van der Waals surface area contributed by atoms with Crippen molar-refractivity contribution >= 4 is 5.91 Å². The number of halogens is 1. The summed E-state index contributed by atoms with van der Waals surface area (Å²) in [7, 11) is 1.60. The largest absolute Gasteiger partial charge is 0.383 e. The van der Waals surface area contributed by atoms with E-state index in [1.54, 1.807) is 12.0 Å². The molecule has 0 aliphatic rings. The standard InChI is InChI=1S/C13H19FN2O2/c1-4-10(2)16(7-8-18-3)13(17)11-5-6-12(14)15-9-11/h5-6,9-10H,4,7-8H2,1-3H3. The number of aromatic nitrogens is 1. The van der Waals surface area contributed by atoms with Crippen molar-refractivity contribution < 1.29 is 13.9 Å². The molecule has 0 aromatic carbocycles. The fourth-order valence-corrected chi connectivity index (χ4v) is 1.60. The second kappa shape index (κ2) is 7.06. The van der Waals surface area contributed by atoms with E-state index in [2.05, 4.69) is 4.98 Å². The van der Waals surface area contributed by atoms with Crippen molar-refractivity contribution in [1.29, 1.82) is 0 Å². The molecule has 5 heteroatoms. The summed E-state index contributed by atoms with van der Waals surface area (Å²) in [6, 6.07) is 2.75. The first-order chi connectivity index (χ1) is 8.60. The lowest BCUT2D eigenvalue weighted by Gasteiger charge is -2.28. The minimum Gasteiger partial charge on any atom is -0.383 e. The number of pyridine rings is 1. The second-order valence-corrected chi connectivity index (χ2v) is 4.12. The molecular weight excluding hydrogens is 235 g/mol. The van der Waals surface area contributed by atoms with E-state index in [9.17, 15) is 9.18 Å². The zero-order valence-corrected chi connectivity index (χ0v) is 11.0. The number of ether oxygens (including phenoxy) is 1. The van der Waals surface area contributed by atoms with Crippen LogP contribution in [0.5, 0.6) is 0 Å². The zero-order valence-electron chi connectivity index (χ0n) is 11.0. The third-order valence-corrected chi connectivity index (χ3v) is 2.89. The van der Waals surface area contributed by atoms with Crippen LogP contribution in [0, 0.1) is 5.95 Å². The van der Waals surface area contributed by atoms with Crippen LogP contribution in [0.3, 0.4) is 0 Å². The molecule has 1 unspecified atom stereocenters. The molecule has 0 fully saturated rings. The molecule has 0 bridgehead atoms. The monoisotopic (exact) mass is 254 g/mol. The van der Waals surface area contributed by atoms with E-state index in [1.165, 1.54) is 18.3 Å². The second-order valence-electron chi connectivity index (χ2n) is 4.12. The fourth-order valence-electron chi connectivity index (χ4n) is 1.60. The third-order valence-electron chi connectivity index (χ3n) is 2.89. The molecule has 1 aromatic rings. The summed E-state index contributed by atoms with van der Waals surface area (Å²) >= 11 is 0. The maximum absolute atomic E-state index is 12.7. The highest BCUT2D eigenvalue weighted by Crippen LogP contribution is 2.10. The Morgan fingerprint density at radius 3 is 2.78 bits per heavy atom. The summed E-state index contributed by atoms with van der Waals surface area (Å²) in [4.78, 5) is 17.5. The van der Waals surface area contributed by atoms with E-state index in [1.807, 2.05) is 13.8 Å². The van der Waals surface area contributed by atoms with E-state index in [4.69, 9.17) is 4.74 Å². The topological polar surface area (TPSA) is 42.4 Å². The van der Waals surface area contributed by atoms with Crippen molar-refractivity contribution in [2.75, 3.05) is 20.3 Å². The van der Waals surface area contributed by atoms with Crippen LogP contribution >= 0.6 is 0 Å². The average molecular weight is 254 g/mol. The predicted octanol–water partition coefficient (Wildman–Crippen LogP) is 2.11. The van der Waals surface area contributed by atoms with E-state index >= 15 is 0 Å². The minimum atomic E-state index is -0.585. The van der Waals surface area contributed by atoms with Gasteiger partial charge in [-0.05, 0) is 25.5 Å². The summed E-state index contributed by atoms with van der Waals surface area (Å²) in [6.07, 6.45) is 2.12. The van der Waals surface area contributed by atoms with Crippen molar-refractivity contribution in [3.05, 3.63) is 29.8 Å². The molecule has 0 aliphatic heterocycles. The van der Waals surface area contributed by atoms with Crippen molar-refractivity contribution in [3.8, 4) is 0 Å². The molecule has 1 aromatic heterocycles. The smallest absolute Gasteiger partial charge is 0.255 e. The lowest BCUT2D eigenvalue weighted by molar-refractivity contribution is 0.0613. The summed E-state index contributed by atoms with van der Waals surface area (Å²) in [6.45, 7) is 4.98. The van der Waals surface area contributed by atoms with Gasteiger partial charge < -0.3 is 9.64 Å². The average Bonchev–Trinajstić information content (AvgIpc) is 2.39. The van der Waals surface area contributed by atoms with Gasteiger partial charge >= 0.3 is 0 Å². The van der Waals surface area contributed by atoms with Crippen molar-refractivity contribution in [2.24, 2.45) is 0 Å². The van der Waals surface area contributed by atoms with Crippen LogP contribution in [0.4, 0.5) is 4.39 Å². The van der Waals surface area contributed by atoms with E-state index in [-0.39, 0.29) is 11.9 Å². The Kier molecular flexibility index (Phi) is 5.71. The molecule has 1 amide bonds. The maximum Gasteiger partial charge on any atom is 0.255 e. The molecule has 4 nitrogen and oxygen atoms in total. The summed E-state index contributed by atoms with van der Waals surface area (Å²) < 4.78 is 17.7. The van der Waals surface area contributed by atoms with Crippen LogP contribution in [-0.2, 0) is 4.74 Å². The molecule has 1 heterocycles. The molecule has 100 valence electrons. The Morgan fingerprint density at radius 1 is 1.56 bits per heavy atom. The van der Waals surface area contributed by atoms with Crippen LogP contribution in [-0.4, -0.2) is 42.1 Å². The van der Waals surface area contributed by atoms with Gasteiger partial charge in [0.05, 0.1) is 12.2 Å². The maximum atomic E-state index is 12.7. The fraction of sp³-hybridized carbons (Fsp3) is 0.538. The van der Waals surface area contributed by atoms with E-state index in [0.717, 1.165) is 6.42 Å². The normalized spacial score (nSPS) is 12.2. The van der Waals surface area contributed by atoms with Crippen LogP contribution in [0.15, 0.2) is 18.3 Å². The van der Waals surface area contributed by atoms with Gasteiger partial charge in [-0.1, -0.05) is 6.92 Å². The molecular formula is C13H19FN2O2. The Labute approximate surface area is 107 Å². The van der Waals surface area contributed by atoms with Gasteiger partial charge in [0.25, 0.3) is 5.91 Å². The Morgan fingerprint density at radius 2 is 2.28 bits per heavy atom. The van der Waals surface area contributed by atoms with Crippen LogP contribution in [0.25, 0.3) is 0 Å². The third kappa shape index (κ3) is 3.77. The first kappa shape index (κ1) is 14.6. The van der Waals surface area contributed by atoms with Crippen LogP contribution in [0.2, 0.25) is 0 Å². The number of methoxy groups -OCH3 is 1. The summed E-state index contributed by atoms with van der Waals surface area (Å²) in [5.74, 6) is -0.729. The Balaban J connectivity index is 2.83. The van der Waals surface area contributed by atoms with Gasteiger partial charge in [0.15, 0.2) is 0 Å². The van der Waals surface area contributed by atoms with Gasteiger partial charge in [0.2, 0.25) is 5.95 Å². The number of nitrogens with zero attached hydrogens (tertiary/aromatic N) is 2. The minimum absolute atomic E-state index is 0.109. The quantitative estimate of drug-likeness (QED) is 0.730. The molecule has 0 spiro atoms. The van der Waals surface area contributed by atoms with E-state index < -0.39 is 5.95 Å². The molecule has 1 rings (SSSR count). The number of hydrogen-bond donors (Lipinski definition) is 0. The van der Waals surface area contributed by atoms with Crippen LogP contribution in [0.1, 0.15) is 30.6 Å². The van der Waals surface area contributed by atoms with Gasteiger partial charge in [-0.3, -0.25) is 4.79 Å². The van der Waals surface area contributed by atoms with E-state index in [0.29, 0.717) is 18.7 Å². The molecule has 0 radical (unpaired) electrons. The molecule has 1 atom stereocenters. The predicted molar refractivity (Wildman–Crippen MR) is 66.9 cm³/mol. The highest BCUT2D eigenvalue weighted by molar-refractivity contribution is 5.94.